The van der Waals surface area contributed by atoms with Gasteiger partial charge in [0.25, 0.3) is 0 Å². The number of thiazole rings is 1. The first-order valence-corrected chi connectivity index (χ1v) is 10.2. The molecule has 0 spiro atoms. The van der Waals surface area contributed by atoms with Gasteiger partial charge in [0, 0.05) is 32.7 Å². The highest BCUT2D eigenvalue weighted by Gasteiger charge is 2.21. The fourth-order valence-electron chi connectivity index (χ4n) is 3.14. The van der Waals surface area contributed by atoms with Crippen LogP contribution >= 0.6 is 11.3 Å². The Balaban J connectivity index is 1.24. The minimum atomic E-state index is -0.561. The number of aromatic nitrogens is 3. The van der Waals surface area contributed by atoms with Gasteiger partial charge in [0.2, 0.25) is 5.88 Å². The summed E-state index contributed by atoms with van der Waals surface area (Å²) in [6, 6.07) is 10.4. The van der Waals surface area contributed by atoms with Gasteiger partial charge in [-0.1, -0.05) is 41.7 Å². The van der Waals surface area contributed by atoms with Crippen LogP contribution < -0.4 is 10.1 Å². The number of hydroxylamine groups is 2. The highest BCUT2D eigenvalue weighted by atomic mass is 32.1. The molecule has 1 aliphatic rings. The van der Waals surface area contributed by atoms with E-state index in [-0.39, 0.29) is 0 Å². The van der Waals surface area contributed by atoms with Crippen molar-refractivity contribution >= 4 is 32.9 Å². The lowest BCUT2D eigenvalue weighted by Gasteiger charge is -2.33. The summed E-state index contributed by atoms with van der Waals surface area (Å²) in [7, 11) is 1.52. The molecule has 0 bridgehead atoms. The zero-order chi connectivity index (χ0) is 20.1. The molecule has 10 heteroatoms. The Hall–Kier alpha value is -2.82. The van der Waals surface area contributed by atoms with Gasteiger partial charge in [-0.3, -0.25) is 5.32 Å². The quantitative estimate of drug-likeness (QED) is 0.657. The van der Waals surface area contributed by atoms with Gasteiger partial charge in [-0.05, 0) is 12.0 Å². The molecule has 3 aromatic rings. The first-order valence-electron chi connectivity index (χ1n) is 9.37. The molecule has 0 aliphatic carbocycles. The van der Waals surface area contributed by atoms with Crippen molar-refractivity contribution in [2.45, 2.75) is 6.42 Å². The molecule has 1 saturated heterocycles. The van der Waals surface area contributed by atoms with E-state index in [2.05, 4.69) is 49.4 Å². The number of piperazine rings is 1. The summed E-state index contributed by atoms with van der Waals surface area (Å²) in [4.78, 5) is 33.1. The van der Waals surface area contributed by atoms with Crippen LogP contribution in [0.2, 0.25) is 0 Å². The fraction of sp³-hybridized carbons (Fsp3) is 0.368. The largest absolute Gasteiger partial charge is 0.479 e. The van der Waals surface area contributed by atoms with Gasteiger partial charge in [-0.2, -0.15) is 4.98 Å². The van der Waals surface area contributed by atoms with Crippen molar-refractivity contribution in [2.75, 3.05) is 45.2 Å². The number of amides is 1. The van der Waals surface area contributed by atoms with Crippen LogP contribution in [0.4, 0.5) is 9.93 Å². The second kappa shape index (κ2) is 9.12. The average molecular weight is 414 g/mol. The number of methoxy groups -OCH3 is 1. The van der Waals surface area contributed by atoms with Gasteiger partial charge in [-0.15, -0.1) is 5.06 Å². The molecule has 1 amide bonds. The van der Waals surface area contributed by atoms with Crippen LogP contribution in [0.5, 0.6) is 5.88 Å². The Morgan fingerprint density at radius 2 is 1.97 bits per heavy atom. The number of nitrogens with one attached hydrogen (secondary N) is 1. The van der Waals surface area contributed by atoms with Gasteiger partial charge in [0.1, 0.15) is 6.33 Å². The SMILES string of the molecule is COc1ncnc2sc(NC(=O)ON3CCN(CCc4ccccc4)CC3)nc12. The van der Waals surface area contributed by atoms with Crippen molar-refractivity contribution in [1.29, 1.82) is 0 Å². The van der Waals surface area contributed by atoms with Gasteiger partial charge < -0.3 is 14.5 Å². The third-order valence-corrected chi connectivity index (χ3v) is 5.55. The predicted octanol–water partition coefficient (Wildman–Crippen LogP) is 2.42. The lowest BCUT2D eigenvalue weighted by molar-refractivity contribution is -0.117. The van der Waals surface area contributed by atoms with Crippen LogP contribution in [0.15, 0.2) is 36.7 Å². The molecule has 4 rings (SSSR count). The van der Waals surface area contributed by atoms with Crippen molar-refractivity contribution in [3.8, 4) is 5.88 Å². The molecule has 0 radical (unpaired) electrons. The minimum Gasteiger partial charge on any atom is -0.479 e. The maximum atomic E-state index is 12.2. The predicted molar refractivity (Wildman–Crippen MR) is 110 cm³/mol. The normalized spacial score (nSPS) is 15.3. The monoisotopic (exact) mass is 414 g/mol. The van der Waals surface area contributed by atoms with Crippen molar-refractivity contribution in [1.82, 2.24) is 24.9 Å². The maximum absolute atomic E-state index is 12.2. The zero-order valence-corrected chi connectivity index (χ0v) is 16.9. The van der Waals surface area contributed by atoms with Crippen LogP contribution in [0.25, 0.3) is 10.3 Å². The number of hydrogen-bond donors (Lipinski definition) is 1. The van der Waals surface area contributed by atoms with E-state index in [9.17, 15) is 4.79 Å². The van der Waals surface area contributed by atoms with Gasteiger partial charge >= 0.3 is 6.09 Å². The second-order valence-corrected chi connectivity index (χ2v) is 7.54. The number of nitrogens with zero attached hydrogens (tertiary/aromatic N) is 5. The van der Waals surface area contributed by atoms with E-state index in [4.69, 9.17) is 9.57 Å². The third-order valence-electron chi connectivity index (χ3n) is 4.67. The number of hydrogen-bond acceptors (Lipinski definition) is 9. The van der Waals surface area contributed by atoms with E-state index in [1.807, 2.05) is 6.07 Å². The molecule has 2 aromatic heterocycles. The molecule has 1 fully saturated rings. The summed E-state index contributed by atoms with van der Waals surface area (Å²) < 4.78 is 5.16. The van der Waals surface area contributed by atoms with E-state index in [0.717, 1.165) is 26.1 Å². The number of fused-ring (bicyclic) bond motifs is 1. The lowest BCUT2D eigenvalue weighted by atomic mass is 10.1. The van der Waals surface area contributed by atoms with E-state index in [1.165, 1.54) is 30.3 Å². The molecule has 29 heavy (non-hydrogen) atoms. The van der Waals surface area contributed by atoms with E-state index < -0.39 is 6.09 Å². The Labute approximate surface area is 172 Å². The summed E-state index contributed by atoms with van der Waals surface area (Å²) in [6.45, 7) is 4.05. The fourth-order valence-corrected chi connectivity index (χ4v) is 3.92. The maximum Gasteiger partial charge on any atom is 0.432 e. The van der Waals surface area contributed by atoms with Gasteiger partial charge in [0.15, 0.2) is 15.5 Å². The molecule has 0 atom stereocenters. The molecule has 9 nitrogen and oxygen atoms in total. The highest BCUT2D eigenvalue weighted by molar-refractivity contribution is 7.22. The lowest BCUT2D eigenvalue weighted by Crippen LogP contribution is -2.47. The molecule has 1 aromatic carbocycles. The standard InChI is InChI=1S/C19H22N6O3S/c1-27-16-15-17(21-13-20-16)29-18(22-15)23-19(26)28-25-11-9-24(10-12-25)8-7-14-5-3-2-4-6-14/h2-6,13H,7-12H2,1H3,(H,22,23,26). The number of carbonyl (C=O) groups is 1. The van der Waals surface area contributed by atoms with Crippen molar-refractivity contribution < 1.29 is 14.4 Å². The molecule has 1 aliphatic heterocycles. The molecule has 3 heterocycles. The number of ether oxygens (including phenoxy) is 1. The average Bonchev–Trinajstić information content (AvgIpc) is 3.16. The zero-order valence-electron chi connectivity index (χ0n) is 16.1. The molecular weight excluding hydrogens is 392 g/mol. The molecule has 1 N–H and O–H groups in total. The van der Waals surface area contributed by atoms with Gasteiger partial charge in [0.05, 0.1) is 7.11 Å². The summed E-state index contributed by atoms with van der Waals surface area (Å²) >= 11 is 1.24. The van der Waals surface area contributed by atoms with Crippen molar-refractivity contribution in [3.63, 3.8) is 0 Å². The molecule has 152 valence electrons. The Kier molecular flexibility index (Phi) is 6.13. The van der Waals surface area contributed by atoms with Crippen LogP contribution in [0, 0.1) is 0 Å². The second-order valence-electron chi connectivity index (χ2n) is 6.57. The Morgan fingerprint density at radius 3 is 2.72 bits per heavy atom. The number of carbonyl (C=O) groups excluding carboxylic acids is 1. The molecular formula is C19H22N6O3S. The first kappa shape index (κ1) is 19.5. The molecule has 0 saturated carbocycles. The summed E-state index contributed by atoms with van der Waals surface area (Å²) in [5.41, 5.74) is 1.85. The first-order chi connectivity index (χ1) is 14.2. The van der Waals surface area contributed by atoms with E-state index in [0.29, 0.717) is 34.4 Å². The number of rotatable bonds is 6. The Morgan fingerprint density at radius 1 is 1.17 bits per heavy atom. The summed E-state index contributed by atoms with van der Waals surface area (Å²) in [6.07, 6.45) is 1.86. The third kappa shape index (κ3) is 4.97. The van der Waals surface area contributed by atoms with E-state index >= 15 is 0 Å². The number of benzene rings is 1. The van der Waals surface area contributed by atoms with Crippen LogP contribution in [0.3, 0.4) is 0 Å². The number of anilines is 1. The topological polar surface area (TPSA) is 92.7 Å². The van der Waals surface area contributed by atoms with Crippen LogP contribution in [-0.2, 0) is 11.3 Å². The van der Waals surface area contributed by atoms with Crippen LogP contribution in [0.1, 0.15) is 5.56 Å². The molecule has 0 unspecified atom stereocenters. The highest BCUT2D eigenvalue weighted by Crippen LogP contribution is 2.28. The van der Waals surface area contributed by atoms with Gasteiger partial charge in [-0.25, -0.2) is 14.8 Å². The minimum absolute atomic E-state index is 0.374. The summed E-state index contributed by atoms with van der Waals surface area (Å²) in [5.74, 6) is 0.374. The van der Waals surface area contributed by atoms with Crippen LogP contribution in [-0.4, -0.2) is 70.8 Å². The van der Waals surface area contributed by atoms with Crippen molar-refractivity contribution in [2.24, 2.45) is 0 Å². The Bertz CT molecular complexity index is 959. The smallest absolute Gasteiger partial charge is 0.432 e. The van der Waals surface area contributed by atoms with E-state index in [1.54, 1.807) is 5.06 Å². The van der Waals surface area contributed by atoms with Crippen molar-refractivity contribution in [3.05, 3.63) is 42.2 Å². The summed E-state index contributed by atoms with van der Waals surface area (Å²) in [5, 5.41) is 4.73.